The van der Waals surface area contributed by atoms with Gasteiger partial charge in [-0.25, -0.2) is 0 Å². The molecular formula is C33H36O2Si2. The van der Waals surface area contributed by atoms with Crippen LogP contribution in [0.4, 0.5) is 0 Å². The molecule has 4 aromatic rings. The Morgan fingerprint density at radius 2 is 0.730 bits per heavy atom. The van der Waals surface area contributed by atoms with Crippen molar-refractivity contribution in [3.05, 3.63) is 144 Å². The topological polar surface area (TPSA) is 18.5 Å². The van der Waals surface area contributed by atoms with Crippen LogP contribution in [0.2, 0.25) is 5.67 Å². The van der Waals surface area contributed by atoms with E-state index in [0.29, 0.717) is 31.4 Å². The van der Waals surface area contributed by atoms with Gasteiger partial charge >= 0.3 is 0 Å². The first kappa shape index (κ1) is 27.3. The molecule has 0 unspecified atom stereocenters. The van der Waals surface area contributed by atoms with Crippen molar-refractivity contribution < 1.29 is 8.85 Å². The van der Waals surface area contributed by atoms with E-state index < -0.39 is 0 Å². The molecule has 0 amide bonds. The Morgan fingerprint density at radius 1 is 0.432 bits per heavy atom. The summed E-state index contributed by atoms with van der Waals surface area (Å²) in [5.74, 6) is 0.852. The van der Waals surface area contributed by atoms with Crippen molar-refractivity contribution in [2.45, 2.75) is 43.2 Å². The van der Waals surface area contributed by atoms with Crippen molar-refractivity contribution in [3.8, 4) is 0 Å². The Morgan fingerprint density at radius 3 is 1.03 bits per heavy atom. The van der Waals surface area contributed by atoms with Gasteiger partial charge in [0.05, 0.1) is 0 Å². The van der Waals surface area contributed by atoms with E-state index in [4.69, 9.17) is 8.85 Å². The van der Waals surface area contributed by atoms with Gasteiger partial charge in [-0.05, 0) is 53.6 Å². The van der Waals surface area contributed by atoms with Gasteiger partial charge in [-0.3, -0.25) is 0 Å². The maximum atomic E-state index is 5.97. The smallest absolute Gasteiger partial charge is 0.228 e. The van der Waals surface area contributed by atoms with Crippen molar-refractivity contribution in [1.29, 1.82) is 0 Å². The summed E-state index contributed by atoms with van der Waals surface area (Å²) >= 11 is 0. The third-order valence-corrected chi connectivity index (χ3v) is 8.61. The van der Waals surface area contributed by atoms with Crippen LogP contribution in [0.15, 0.2) is 121 Å². The summed E-state index contributed by atoms with van der Waals surface area (Å²) < 4.78 is 11.9. The van der Waals surface area contributed by atoms with Crippen LogP contribution in [0, 0.1) is 0 Å². The summed E-state index contributed by atoms with van der Waals surface area (Å²) in [6.07, 6.45) is 4.32. The molecule has 4 aromatic carbocycles. The minimum atomic E-state index is 0.426. The van der Waals surface area contributed by atoms with Gasteiger partial charge in [0.2, 0.25) is 19.5 Å². The third kappa shape index (κ3) is 9.24. The van der Waals surface area contributed by atoms with Gasteiger partial charge in [0.1, 0.15) is 0 Å². The van der Waals surface area contributed by atoms with Crippen molar-refractivity contribution in [2.75, 3.05) is 13.2 Å². The molecule has 0 saturated carbocycles. The SMILES string of the molecule is c1ccc(C(CCCO[Si]C[Si]OCCCC(c2ccccc2)c2ccccc2)c2ccccc2)cc1. The maximum Gasteiger partial charge on any atom is 0.228 e. The molecule has 0 aliphatic heterocycles. The molecule has 0 heterocycles. The quantitative estimate of drug-likeness (QED) is 0.111. The molecule has 4 rings (SSSR count). The van der Waals surface area contributed by atoms with E-state index in [1.165, 1.54) is 22.3 Å². The van der Waals surface area contributed by atoms with Gasteiger partial charge in [0.15, 0.2) is 0 Å². The van der Waals surface area contributed by atoms with Crippen LogP contribution in [-0.2, 0) is 8.85 Å². The fourth-order valence-corrected chi connectivity index (χ4v) is 6.42. The first-order valence-corrected chi connectivity index (χ1v) is 15.5. The van der Waals surface area contributed by atoms with Crippen LogP contribution in [-0.4, -0.2) is 32.7 Å². The lowest BCUT2D eigenvalue weighted by atomic mass is 9.88. The summed E-state index contributed by atoms with van der Waals surface area (Å²) in [4.78, 5) is 0. The molecule has 0 aliphatic carbocycles. The zero-order valence-electron chi connectivity index (χ0n) is 21.5. The summed E-state index contributed by atoms with van der Waals surface area (Å²) in [5.41, 5.74) is 6.53. The molecule has 0 fully saturated rings. The van der Waals surface area contributed by atoms with Crippen molar-refractivity contribution in [2.24, 2.45) is 0 Å². The van der Waals surface area contributed by atoms with Gasteiger partial charge in [-0.1, -0.05) is 121 Å². The highest BCUT2D eigenvalue weighted by Gasteiger charge is 2.14. The van der Waals surface area contributed by atoms with Gasteiger partial charge in [-0.2, -0.15) is 0 Å². The molecular weight excluding hydrogens is 485 g/mol. The molecule has 0 spiro atoms. The summed E-state index contributed by atoms with van der Waals surface area (Å²) in [6.45, 7) is 1.63. The van der Waals surface area contributed by atoms with E-state index in [-0.39, 0.29) is 0 Å². The van der Waals surface area contributed by atoms with Crippen LogP contribution < -0.4 is 0 Å². The lowest BCUT2D eigenvalue weighted by Crippen LogP contribution is -2.10. The van der Waals surface area contributed by atoms with E-state index in [0.717, 1.165) is 44.6 Å². The summed E-state index contributed by atoms with van der Waals surface area (Å²) in [7, 11) is 1.04. The highest BCUT2D eigenvalue weighted by atomic mass is 28.3. The number of hydrogen-bond donors (Lipinski definition) is 0. The van der Waals surface area contributed by atoms with Crippen molar-refractivity contribution in [3.63, 3.8) is 0 Å². The predicted molar refractivity (Wildman–Crippen MR) is 156 cm³/mol. The Hall–Kier alpha value is -2.77. The van der Waals surface area contributed by atoms with Gasteiger partial charge < -0.3 is 8.85 Å². The Kier molecular flexibility index (Phi) is 11.9. The van der Waals surface area contributed by atoms with E-state index in [1.54, 1.807) is 0 Å². The monoisotopic (exact) mass is 520 g/mol. The molecule has 4 heteroatoms. The Balaban J connectivity index is 1.09. The molecule has 2 nitrogen and oxygen atoms in total. The zero-order chi connectivity index (χ0) is 25.4. The highest BCUT2D eigenvalue weighted by molar-refractivity contribution is 6.48. The molecule has 0 N–H and O–H groups in total. The van der Waals surface area contributed by atoms with Crippen LogP contribution in [0.1, 0.15) is 59.8 Å². The summed E-state index contributed by atoms with van der Waals surface area (Å²) in [5, 5.41) is 0. The fourth-order valence-electron chi connectivity index (χ4n) is 4.79. The number of rotatable bonds is 16. The molecule has 0 bridgehead atoms. The fraction of sp³-hybridized carbons (Fsp3) is 0.273. The Labute approximate surface area is 228 Å². The predicted octanol–water partition coefficient (Wildman–Crippen LogP) is 7.86. The molecule has 0 saturated heterocycles. The van der Waals surface area contributed by atoms with Gasteiger partial charge in [0.25, 0.3) is 0 Å². The second-order valence-electron chi connectivity index (χ2n) is 9.19. The normalized spacial score (nSPS) is 11.3. The third-order valence-electron chi connectivity index (χ3n) is 6.63. The minimum Gasteiger partial charge on any atom is -0.418 e. The number of hydrogen-bond acceptors (Lipinski definition) is 2. The molecule has 0 aromatic heterocycles. The van der Waals surface area contributed by atoms with Gasteiger partial charge in [-0.15, -0.1) is 0 Å². The molecule has 37 heavy (non-hydrogen) atoms. The van der Waals surface area contributed by atoms with Crippen molar-refractivity contribution >= 4 is 19.5 Å². The second kappa shape index (κ2) is 16.2. The molecule has 188 valence electrons. The second-order valence-corrected chi connectivity index (χ2v) is 11.8. The minimum absolute atomic E-state index is 0.426. The highest BCUT2D eigenvalue weighted by Crippen LogP contribution is 2.30. The average molecular weight is 521 g/mol. The lowest BCUT2D eigenvalue weighted by molar-refractivity contribution is 0.311. The molecule has 0 aliphatic rings. The first-order chi connectivity index (χ1) is 18.4. The van der Waals surface area contributed by atoms with Crippen LogP contribution >= 0.6 is 0 Å². The van der Waals surface area contributed by atoms with Crippen LogP contribution in [0.5, 0.6) is 0 Å². The van der Waals surface area contributed by atoms with Crippen LogP contribution in [0.3, 0.4) is 0 Å². The maximum absolute atomic E-state index is 5.97. The molecule has 0 atom stereocenters. The molecule has 4 radical (unpaired) electrons. The zero-order valence-corrected chi connectivity index (χ0v) is 23.5. The van der Waals surface area contributed by atoms with E-state index >= 15 is 0 Å². The van der Waals surface area contributed by atoms with Crippen LogP contribution in [0.25, 0.3) is 0 Å². The van der Waals surface area contributed by atoms with E-state index in [9.17, 15) is 0 Å². The first-order valence-electron chi connectivity index (χ1n) is 13.3. The standard InChI is InChI=1S/C33H36O2Si2/c1-5-15-28(16-6-1)32(29-17-7-2-8-18-29)23-13-25-34-36-27-37-35-26-14-24-33(30-19-9-3-10-20-30)31-21-11-4-12-22-31/h1-12,15-22,32-33H,13-14,23-27H2. The average Bonchev–Trinajstić information content (AvgIpc) is 2.97. The van der Waals surface area contributed by atoms with E-state index in [1.807, 2.05) is 0 Å². The van der Waals surface area contributed by atoms with Gasteiger partial charge in [0, 0.05) is 25.0 Å². The van der Waals surface area contributed by atoms with E-state index in [2.05, 4.69) is 121 Å². The largest absolute Gasteiger partial charge is 0.418 e. The van der Waals surface area contributed by atoms with Crippen molar-refractivity contribution in [1.82, 2.24) is 0 Å². The Bertz CT molecular complexity index is 938. The summed E-state index contributed by atoms with van der Waals surface area (Å²) in [6, 6.07) is 43.3. The number of benzene rings is 4. The lowest BCUT2D eigenvalue weighted by Gasteiger charge is -2.18.